The Morgan fingerprint density at radius 3 is 2.32 bits per heavy atom. The highest BCUT2D eigenvalue weighted by Crippen LogP contribution is 2.30. The third-order valence-corrected chi connectivity index (χ3v) is 4.91. The predicted octanol–water partition coefficient (Wildman–Crippen LogP) is 3.56. The summed E-state index contributed by atoms with van der Waals surface area (Å²) in [7, 11) is 0. The van der Waals surface area contributed by atoms with Crippen molar-refractivity contribution in [2.75, 3.05) is 11.9 Å². The van der Waals surface area contributed by atoms with Crippen LogP contribution in [0.4, 0.5) is 5.82 Å². The number of pyridine rings is 1. The summed E-state index contributed by atoms with van der Waals surface area (Å²) in [5.41, 5.74) is 1.93. The van der Waals surface area contributed by atoms with E-state index < -0.39 is 0 Å². The van der Waals surface area contributed by atoms with Gasteiger partial charge >= 0.3 is 0 Å². The van der Waals surface area contributed by atoms with E-state index in [4.69, 9.17) is 0 Å². The Morgan fingerprint density at radius 2 is 1.68 bits per heavy atom. The summed E-state index contributed by atoms with van der Waals surface area (Å²) in [6, 6.07) is 14.6. The topological polar surface area (TPSA) is 79.4 Å². The zero-order valence-corrected chi connectivity index (χ0v) is 15.4. The van der Waals surface area contributed by atoms with Crippen LogP contribution in [0, 0.1) is 6.92 Å². The molecule has 3 amide bonds. The molecular formula is C22H19N3O3. The third kappa shape index (κ3) is 3.13. The Hall–Kier alpha value is -3.54. The number of nitrogens with zero attached hydrogens (tertiary/aromatic N) is 2. The molecule has 0 spiro atoms. The van der Waals surface area contributed by atoms with Gasteiger partial charge in [-0.15, -0.1) is 0 Å². The van der Waals surface area contributed by atoms with Crippen molar-refractivity contribution in [1.29, 1.82) is 0 Å². The van der Waals surface area contributed by atoms with Gasteiger partial charge in [0.25, 0.3) is 11.8 Å². The second kappa shape index (κ2) is 7.23. The molecule has 0 saturated carbocycles. The lowest BCUT2D eigenvalue weighted by Crippen LogP contribution is -2.41. The zero-order chi connectivity index (χ0) is 19.7. The standard InChI is InChI=1S/C22H19N3O3/c1-14-6-4-12-23-20(14)24-18(26)11-5-13-25-21(27)16-9-2-7-15-8-3-10-17(19(15)16)22(25)28/h2-4,6-10,12H,5,11,13H2,1H3,(H,23,24,26). The van der Waals surface area contributed by atoms with Gasteiger partial charge in [-0.25, -0.2) is 4.98 Å². The molecule has 3 aromatic rings. The molecule has 28 heavy (non-hydrogen) atoms. The van der Waals surface area contributed by atoms with Crippen LogP contribution >= 0.6 is 0 Å². The number of benzene rings is 2. The van der Waals surface area contributed by atoms with Gasteiger partial charge in [-0.3, -0.25) is 19.3 Å². The fourth-order valence-corrected chi connectivity index (χ4v) is 3.49. The van der Waals surface area contributed by atoms with Gasteiger partial charge in [-0.05, 0) is 42.5 Å². The van der Waals surface area contributed by atoms with E-state index in [1.54, 1.807) is 24.4 Å². The van der Waals surface area contributed by atoms with Crippen molar-refractivity contribution in [3.8, 4) is 0 Å². The van der Waals surface area contributed by atoms with Gasteiger partial charge < -0.3 is 5.32 Å². The van der Waals surface area contributed by atoms with Crippen LogP contribution in [-0.4, -0.2) is 34.2 Å². The van der Waals surface area contributed by atoms with E-state index in [1.807, 2.05) is 37.3 Å². The summed E-state index contributed by atoms with van der Waals surface area (Å²) in [6.07, 6.45) is 2.19. The SMILES string of the molecule is Cc1cccnc1NC(=O)CCCN1C(=O)c2cccc3cccc(c23)C1=O. The molecule has 1 aliphatic heterocycles. The van der Waals surface area contributed by atoms with Gasteiger partial charge in [-0.1, -0.05) is 30.3 Å². The van der Waals surface area contributed by atoms with Crippen LogP contribution in [0.1, 0.15) is 39.1 Å². The van der Waals surface area contributed by atoms with Gasteiger partial charge in [0.2, 0.25) is 5.91 Å². The Balaban J connectivity index is 1.45. The minimum atomic E-state index is -0.310. The molecule has 1 aliphatic rings. The molecule has 2 heterocycles. The van der Waals surface area contributed by atoms with Crippen molar-refractivity contribution < 1.29 is 14.4 Å². The average molecular weight is 373 g/mol. The maximum absolute atomic E-state index is 12.8. The number of carbonyl (C=O) groups excluding carboxylic acids is 3. The summed E-state index contributed by atoms with van der Waals surface area (Å²) in [5, 5.41) is 4.35. The van der Waals surface area contributed by atoms with Crippen molar-refractivity contribution in [2.45, 2.75) is 19.8 Å². The van der Waals surface area contributed by atoms with Gasteiger partial charge in [0.05, 0.1) is 0 Å². The van der Waals surface area contributed by atoms with E-state index in [1.165, 1.54) is 4.90 Å². The zero-order valence-electron chi connectivity index (χ0n) is 15.4. The maximum atomic E-state index is 12.8. The molecule has 4 rings (SSSR count). The van der Waals surface area contributed by atoms with Crippen LogP contribution in [0.25, 0.3) is 10.8 Å². The van der Waals surface area contributed by atoms with E-state index in [-0.39, 0.29) is 30.7 Å². The Morgan fingerprint density at radius 1 is 1.00 bits per heavy atom. The van der Waals surface area contributed by atoms with Crippen molar-refractivity contribution in [3.05, 3.63) is 71.4 Å². The molecule has 0 saturated heterocycles. The molecule has 0 aliphatic carbocycles. The van der Waals surface area contributed by atoms with Crippen molar-refractivity contribution in [1.82, 2.24) is 9.88 Å². The largest absolute Gasteiger partial charge is 0.310 e. The lowest BCUT2D eigenvalue weighted by molar-refractivity contribution is -0.116. The molecule has 0 unspecified atom stereocenters. The summed E-state index contributed by atoms with van der Waals surface area (Å²) < 4.78 is 0. The lowest BCUT2D eigenvalue weighted by atomic mass is 9.94. The van der Waals surface area contributed by atoms with Gasteiger partial charge in [0, 0.05) is 35.7 Å². The quantitative estimate of drug-likeness (QED) is 0.694. The predicted molar refractivity (Wildman–Crippen MR) is 106 cm³/mol. The summed E-state index contributed by atoms with van der Waals surface area (Å²) in [6.45, 7) is 2.06. The summed E-state index contributed by atoms with van der Waals surface area (Å²) in [4.78, 5) is 43.2. The molecule has 1 aromatic heterocycles. The van der Waals surface area contributed by atoms with Crippen LogP contribution < -0.4 is 5.32 Å². The van der Waals surface area contributed by atoms with E-state index in [0.29, 0.717) is 28.8 Å². The second-order valence-electron chi connectivity index (χ2n) is 6.79. The molecule has 0 atom stereocenters. The number of nitrogens with one attached hydrogen (secondary N) is 1. The second-order valence-corrected chi connectivity index (χ2v) is 6.79. The molecule has 140 valence electrons. The molecule has 0 bridgehead atoms. The number of carbonyl (C=O) groups is 3. The fourth-order valence-electron chi connectivity index (χ4n) is 3.49. The number of aromatic nitrogens is 1. The minimum absolute atomic E-state index is 0.191. The summed E-state index contributed by atoms with van der Waals surface area (Å²) in [5.74, 6) is -0.287. The Bertz CT molecular complexity index is 1060. The van der Waals surface area contributed by atoms with Crippen LogP contribution in [0.3, 0.4) is 0 Å². The first kappa shape index (κ1) is 17.9. The fraction of sp³-hybridized carbons (Fsp3) is 0.182. The first-order chi connectivity index (χ1) is 13.6. The van der Waals surface area contributed by atoms with Gasteiger partial charge in [0.15, 0.2) is 0 Å². The molecule has 1 N–H and O–H groups in total. The number of rotatable bonds is 5. The number of imide groups is 1. The first-order valence-corrected chi connectivity index (χ1v) is 9.15. The van der Waals surface area contributed by atoms with Crippen molar-refractivity contribution in [3.63, 3.8) is 0 Å². The van der Waals surface area contributed by atoms with Crippen molar-refractivity contribution >= 4 is 34.3 Å². The highest BCUT2D eigenvalue weighted by atomic mass is 16.2. The molecule has 6 nitrogen and oxygen atoms in total. The number of hydrogen-bond acceptors (Lipinski definition) is 4. The molecule has 2 aromatic carbocycles. The van der Waals surface area contributed by atoms with E-state index in [9.17, 15) is 14.4 Å². The number of anilines is 1. The highest BCUT2D eigenvalue weighted by molar-refractivity contribution is 6.25. The van der Waals surface area contributed by atoms with Crippen LogP contribution in [0.2, 0.25) is 0 Å². The van der Waals surface area contributed by atoms with E-state index in [0.717, 1.165) is 10.9 Å². The number of amides is 3. The number of hydrogen-bond donors (Lipinski definition) is 1. The van der Waals surface area contributed by atoms with Gasteiger partial charge in [-0.2, -0.15) is 0 Å². The molecular weight excluding hydrogens is 354 g/mol. The van der Waals surface area contributed by atoms with Crippen LogP contribution in [0.5, 0.6) is 0 Å². The van der Waals surface area contributed by atoms with Gasteiger partial charge in [0.1, 0.15) is 5.82 Å². The Labute approximate surface area is 162 Å². The lowest BCUT2D eigenvalue weighted by Gasteiger charge is -2.27. The normalized spacial score (nSPS) is 13.1. The third-order valence-electron chi connectivity index (χ3n) is 4.91. The van der Waals surface area contributed by atoms with Crippen LogP contribution in [0.15, 0.2) is 54.7 Å². The van der Waals surface area contributed by atoms with Crippen LogP contribution in [-0.2, 0) is 4.79 Å². The summed E-state index contributed by atoms with van der Waals surface area (Å²) >= 11 is 0. The van der Waals surface area contributed by atoms with E-state index >= 15 is 0 Å². The number of aryl methyl sites for hydroxylation is 1. The molecule has 6 heteroatoms. The minimum Gasteiger partial charge on any atom is -0.310 e. The van der Waals surface area contributed by atoms with Crippen molar-refractivity contribution in [2.24, 2.45) is 0 Å². The average Bonchev–Trinajstić information content (AvgIpc) is 2.70. The smallest absolute Gasteiger partial charge is 0.261 e. The molecule has 0 fully saturated rings. The Kier molecular flexibility index (Phi) is 4.61. The molecule has 0 radical (unpaired) electrons. The highest BCUT2D eigenvalue weighted by Gasteiger charge is 2.32. The van der Waals surface area contributed by atoms with E-state index in [2.05, 4.69) is 10.3 Å². The maximum Gasteiger partial charge on any atom is 0.261 e. The monoisotopic (exact) mass is 373 g/mol. The first-order valence-electron chi connectivity index (χ1n) is 9.15.